The molecular formula is C43H56N6O10S. The summed E-state index contributed by atoms with van der Waals surface area (Å²) in [5.74, 6) is -1.20. The molecule has 7 aliphatic rings. The van der Waals surface area contributed by atoms with Crippen molar-refractivity contribution in [3.8, 4) is 17.4 Å². The molecule has 3 saturated carbocycles. The molecule has 17 heteroatoms. The van der Waals surface area contributed by atoms with Gasteiger partial charge in [-0.2, -0.15) is 0 Å². The fraction of sp³-hybridized carbons (Fsp3) is 0.605. The highest BCUT2D eigenvalue weighted by atomic mass is 32.2. The van der Waals surface area contributed by atoms with E-state index in [4.69, 9.17) is 23.9 Å². The van der Waals surface area contributed by atoms with Crippen LogP contribution in [0.4, 0.5) is 4.79 Å². The molecule has 1 aromatic heterocycles. The summed E-state index contributed by atoms with van der Waals surface area (Å²) in [6.07, 6.45) is 11.7. The van der Waals surface area contributed by atoms with Crippen molar-refractivity contribution in [2.24, 2.45) is 11.8 Å². The number of hydrogen-bond donors (Lipinski definition) is 3. The molecular weight excluding hydrogens is 793 g/mol. The van der Waals surface area contributed by atoms with Crippen molar-refractivity contribution in [3.63, 3.8) is 0 Å². The lowest BCUT2D eigenvalue weighted by molar-refractivity contribution is -0.142. The molecule has 3 N–H and O–H groups in total. The number of urea groups is 1. The van der Waals surface area contributed by atoms with Crippen molar-refractivity contribution in [1.29, 1.82) is 0 Å². The van der Waals surface area contributed by atoms with Crippen molar-refractivity contribution in [2.75, 3.05) is 40.0 Å². The van der Waals surface area contributed by atoms with Gasteiger partial charge in [0.1, 0.15) is 35.2 Å². The number of sulfonamides is 1. The number of rotatable bonds is 10. The van der Waals surface area contributed by atoms with Gasteiger partial charge in [-0.25, -0.2) is 18.2 Å². The van der Waals surface area contributed by atoms with Gasteiger partial charge in [0.05, 0.1) is 50.2 Å². The van der Waals surface area contributed by atoms with E-state index in [0.717, 1.165) is 50.5 Å². The van der Waals surface area contributed by atoms with E-state index >= 15 is 4.79 Å². The minimum absolute atomic E-state index is 0.00746. The Morgan fingerprint density at radius 3 is 2.55 bits per heavy atom. The maximum atomic E-state index is 15.1. The second kappa shape index (κ2) is 17.2. The molecule has 1 aromatic carbocycles. The first-order valence-corrected chi connectivity index (χ1v) is 22.9. The Morgan fingerprint density at radius 2 is 1.85 bits per heavy atom. The van der Waals surface area contributed by atoms with Gasteiger partial charge >= 0.3 is 6.03 Å². The van der Waals surface area contributed by atoms with Crippen molar-refractivity contribution in [3.05, 3.63) is 42.5 Å². The SMILES string of the molecule is C=C[C@@H]1C[C@]1(NC(=O)[C@@H]1C[C@@H]2CN1C(=O)[C@H](C1CCCCC1)NC(=O)N1CC(C1)OCCC/C=C\c1cc3c(cc(OCC)nc3cc1OC)O2)C(=O)NS(=O)(=O)C1CC1. The van der Waals surface area contributed by atoms with Crippen LogP contribution < -0.4 is 29.6 Å². The Hall–Kier alpha value is -4.90. The number of carbonyl (C=O) groups excluding carboxylic acids is 4. The number of benzene rings is 1. The Labute approximate surface area is 350 Å². The smallest absolute Gasteiger partial charge is 0.318 e. The van der Waals surface area contributed by atoms with Gasteiger partial charge in [-0.1, -0.05) is 37.5 Å². The highest BCUT2D eigenvalue weighted by molar-refractivity contribution is 7.91. The van der Waals surface area contributed by atoms with Gasteiger partial charge < -0.3 is 39.4 Å². The van der Waals surface area contributed by atoms with Gasteiger partial charge in [-0.3, -0.25) is 19.1 Å². The van der Waals surface area contributed by atoms with Crippen LogP contribution in [0.15, 0.2) is 36.9 Å². The maximum Gasteiger partial charge on any atom is 0.318 e. The lowest BCUT2D eigenvalue weighted by Gasteiger charge is -2.41. The Bertz CT molecular complexity index is 2150. The average Bonchev–Trinajstić information content (AvgIpc) is 4.15. The molecule has 0 spiro atoms. The topological polar surface area (TPSA) is 195 Å². The Morgan fingerprint density at radius 1 is 1.07 bits per heavy atom. The first kappa shape index (κ1) is 41.8. The minimum Gasteiger partial charge on any atom is -0.496 e. The lowest BCUT2D eigenvalue weighted by Crippen LogP contribution is -2.63. The van der Waals surface area contributed by atoms with E-state index in [2.05, 4.69) is 28.0 Å². The predicted octanol–water partition coefficient (Wildman–Crippen LogP) is 3.83. The zero-order valence-corrected chi connectivity index (χ0v) is 35.2. The van der Waals surface area contributed by atoms with E-state index in [1.807, 2.05) is 25.1 Å². The summed E-state index contributed by atoms with van der Waals surface area (Å²) in [7, 11) is -2.32. The van der Waals surface area contributed by atoms with Crippen LogP contribution >= 0.6 is 0 Å². The third kappa shape index (κ3) is 8.65. The van der Waals surface area contributed by atoms with Crippen LogP contribution in [-0.2, 0) is 29.1 Å². The summed E-state index contributed by atoms with van der Waals surface area (Å²) in [4.78, 5) is 65.0. The van der Waals surface area contributed by atoms with Gasteiger partial charge in [0.25, 0.3) is 5.91 Å². The zero-order chi connectivity index (χ0) is 42.2. The van der Waals surface area contributed by atoms with Crippen LogP contribution in [0, 0.1) is 11.8 Å². The van der Waals surface area contributed by atoms with E-state index in [1.165, 1.54) is 11.0 Å². The minimum atomic E-state index is -3.91. The number of nitrogens with one attached hydrogen (secondary N) is 3. The fourth-order valence-corrected chi connectivity index (χ4v) is 10.4. The Balaban J connectivity index is 1.16. The van der Waals surface area contributed by atoms with Crippen molar-refractivity contribution in [1.82, 2.24) is 30.1 Å². The molecule has 2 aromatic rings. The van der Waals surface area contributed by atoms with E-state index in [-0.39, 0.29) is 37.4 Å². The first-order valence-electron chi connectivity index (χ1n) is 21.4. The summed E-state index contributed by atoms with van der Waals surface area (Å²) in [6.45, 7) is 7.34. The number of nitrogens with zero attached hydrogens (tertiary/aromatic N) is 3. The molecule has 5 atom stereocenters. The van der Waals surface area contributed by atoms with E-state index < -0.39 is 62.6 Å². The molecule has 0 unspecified atom stereocenters. The summed E-state index contributed by atoms with van der Waals surface area (Å²) in [6, 6.07) is 3.04. The largest absolute Gasteiger partial charge is 0.496 e. The van der Waals surface area contributed by atoms with Gasteiger partial charge in [0, 0.05) is 42.0 Å². The van der Waals surface area contributed by atoms with Crippen molar-refractivity contribution < 1.29 is 46.5 Å². The molecule has 5 amide bonds. The van der Waals surface area contributed by atoms with Crippen LogP contribution in [0.5, 0.6) is 17.4 Å². The van der Waals surface area contributed by atoms with E-state index in [9.17, 15) is 22.8 Å². The molecule has 5 heterocycles. The third-order valence-corrected chi connectivity index (χ3v) is 14.6. The van der Waals surface area contributed by atoms with Gasteiger partial charge in [-0.05, 0) is 63.9 Å². The number of carbonyl (C=O) groups is 4. The normalized spacial score (nSPS) is 29.3. The summed E-state index contributed by atoms with van der Waals surface area (Å²) >= 11 is 0. The fourth-order valence-electron chi connectivity index (χ4n) is 9.04. The van der Waals surface area contributed by atoms with Crippen LogP contribution in [0.1, 0.15) is 83.1 Å². The van der Waals surface area contributed by atoms with Crippen LogP contribution in [0.2, 0.25) is 0 Å². The monoisotopic (exact) mass is 848 g/mol. The molecule has 60 heavy (non-hydrogen) atoms. The maximum absolute atomic E-state index is 15.1. The summed E-state index contributed by atoms with van der Waals surface area (Å²) in [5, 5.41) is 5.96. The molecule has 6 bridgehead atoms. The summed E-state index contributed by atoms with van der Waals surface area (Å²) < 4.78 is 52.4. The summed E-state index contributed by atoms with van der Waals surface area (Å²) in [5.41, 5.74) is -0.193. The molecule has 9 rings (SSSR count). The zero-order valence-electron chi connectivity index (χ0n) is 34.4. The average molecular weight is 849 g/mol. The number of aromatic nitrogens is 1. The molecule has 4 aliphatic heterocycles. The van der Waals surface area contributed by atoms with Crippen LogP contribution in [-0.4, -0.2) is 122 Å². The molecule has 0 radical (unpaired) electrons. The second-order valence-corrected chi connectivity index (χ2v) is 18.9. The van der Waals surface area contributed by atoms with Crippen molar-refractivity contribution in [2.45, 2.75) is 113 Å². The number of pyridine rings is 1. The van der Waals surface area contributed by atoms with E-state index in [0.29, 0.717) is 67.4 Å². The predicted molar refractivity (Wildman–Crippen MR) is 222 cm³/mol. The quantitative estimate of drug-likeness (QED) is 0.294. The van der Waals surface area contributed by atoms with Gasteiger partial charge in [-0.15, -0.1) is 6.58 Å². The van der Waals surface area contributed by atoms with E-state index in [1.54, 1.807) is 18.1 Å². The molecule has 324 valence electrons. The number of methoxy groups -OCH3 is 1. The van der Waals surface area contributed by atoms with Crippen LogP contribution in [0.25, 0.3) is 17.0 Å². The number of ether oxygens (including phenoxy) is 4. The number of fused-ring (bicyclic) bond motifs is 7. The van der Waals surface area contributed by atoms with Gasteiger partial charge in [0.2, 0.25) is 27.7 Å². The van der Waals surface area contributed by atoms with Gasteiger partial charge in [0.15, 0.2) is 0 Å². The third-order valence-electron chi connectivity index (χ3n) is 12.7. The number of hydrogen-bond acceptors (Lipinski definition) is 11. The molecule has 3 aliphatic carbocycles. The molecule has 2 saturated heterocycles. The number of amides is 5. The highest BCUT2D eigenvalue weighted by Gasteiger charge is 2.62. The van der Waals surface area contributed by atoms with Crippen molar-refractivity contribution >= 4 is 50.8 Å². The Kier molecular flexibility index (Phi) is 12.0. The second-order valence-electron chi connectivity index (χ2n) is 16.9. The van der Waals surface area contributed by atoms with Crippen LogP contribution in [0.3, 0.4) is 0 Å². The standard InChI is InChI=1S/C43H56N6O10S/c1-4-28-22-43(28,41(52)47-60(54,55)31-15-16-31)46-39(50)34-19-29-25-49(34)40(51)38(26-12-8-6-9-13-26)45-42(53)48-23-30(24-48)58-17-11-7-10-14-27-18-32-33(20-35(27)56-3)44-37(57-5-2)21-36(32)59-29/h4,10,14,18,20-21,26,28-31,34,38H,1,5-9,11-13,15-17,19,22-25H2,2-3H3,(H,45,53)(H,46,50)(H,47,52)/b14-10-/t28-,29-,34+,38+,43-/m1/s1. The highest BCUT2D eigenvalue weighted by Crippen LogP contribution is 2.46. The number of allylic oxidation sites excluding steroid dienone is 1. The molecule has 5 fully saturated rings. The lowest BCUT2D eigenvalue weighted by atomic mass is 9.83. The first-order chi connectivity index (χ1) is 28.9. The molecule has 16 nitrogen and oxygen atoms in total.